The molecule has 5 nitrogen and oxygen atoms in total. The van der Waals surface area contributed by atoms with Crippen LogP contribution in [0.15, 0.2) is 6.07 Å². The van der Waals surface area contributed by atoms with Crippen molar-refractivity contribution in [3.05, 3.63) is 11.8 Å². The number of halogens is 3. The summed E-state index contributed by atoms with van der Waals surface area (Å²) in [7, 11) is 0. The Morgan fingerprint density at radius 2 is 1.65 bits per heavy atom. The van der Waals surface area contributed by atoms with Gasteiger partial charge in [0.1, 0.15) is 5.82 Å². The molecule has 4 N–H and O–H groups in total. The molecule has 1 aromatic rings. The van der Waals surface area contributed by atoms with Gasteiger partial charge >= 0.3 is 6.18 Å². The normalized spacial score (nSPS) is 12.3. The predicted octanol–water partition coefficient (Wildman–Crippen LogP) is 3.16. The fraction of sp³-hybridized carbons (Fsp3) is 0.667. The number of nitrogens with zero attached hydrogens (tertiary/aromatic N) is 2. The Hall–Kier alpha value is -1.57. The van der Waals surface area contributed by atoms with Crippen LogP contribution in [0.1, 0.15) is 45.7 Å². The molecule has 8 heteroatoms. The summed E-state index contributed by atoms with van der Waals surface area (Å²) in [6.45, 7) is 5.94. The highest BCUT2D eigenvalue weighted by atomic mass is 19.4. The summed E-state index contributed by atoms with van der Waals surface area (Å²) in [5.41, 5.74) is 0.741. The van der Waals surface area contributed by atoms with E-state index in [9.17, 15) is 13.2 Å². The second kappa shape index (κ2) is 6.25. The number of hydrogen-bond donors (Lipinski definition) is 3. The van der Waals surface area contributed by atoms with Crippen LogP contribution >= 0.6 is 0 Å². The van der Waals surface area contributed by atoms with Gasteiger partial charge in [-0.15, -0.1) is 0 Å². The fourth-order valence-electron chi connectivity index (χ4n) is 2.01. The lowest BCUT2D eigenvalue weighted by atomic mass is 9.90. The summed E-state index contributed by atoms with van der Waals surface area (Å²) in [5.74, 6) is 4.97. The lowest BCUT2D eigenvalue weighted by Gasteiger charge is -2.32. The minimum absolute atomic E-state index is 0.117. The molecule has 0 aliphatic heterocycles. The van der Waals surface area contributed by atoms with Crippen LogP contribution in [0.2, 0.25) is 0 Å². The highest BCUT2D eigenvalue weighted by Gasteiger charge is 2.34. The van der Waals surface area contributed by atoms with Crippen molar-refractivity contribution >= 4 is 11.8 Å². The van der Waals surface area contributed by atoms with Gasteiger partial charge in [0.05, 0.1) is 0 Å². The van der Waals surface area contributed by atoms with Gasteiger partial charge in [-0.3, -0.25) is 5.43 Å². The molecule has 0 unspecified atom stereocenters. The van der Waals surface area contributed by atoms with Crippen molar-refractivity contribution in [1.29, 1.82) is 0 Å². The summed E-state index contributed by atoms with van der Waals surface area (Å²) in [5, 5.41) is 3.08. The van der Waals surface area contributed by atoms with Gasteiger partial charge in [0.25, 0.3) is 0 Å². The van der Waals surface area contributed by atoms with E-state index >= 15 is 0 Å². The molecular formula is C12H20F3N5. The number of rotatable bonds is 6. The van der Waals surface area contributed by atoms with Gasteiger partial charge in [0.15, 0.2) is 5.69 Å². The third-order valence-corrected chi connectivity index (χ3v) is 3.57. The molecule has 0 bridgehead atoms. The van der Waals surface area contributed by atoms with Crippen LogP contribution in [-0.4, -0.2) is 15.5 Å². The SMILES string of the molecule is CCC(CC)(CC)Nc1cc(C(F)(F)F)nc(NN)n1. The summed E-state index contributed by atoms with van der Waals surface area (Å²) < 4.78 is 38.3. The van der Waals surface area contributed by atoms with Gasteiger partial charge in [-0.1, -0.05) is 20.8 Å². The lowest BCUT2D eigenvalue weighted by molar-refractivity contribution is -0.141. The molecule has 0 amide bonds. The number of nitrogens with two attached hydrogens (primary N) is 1. The number of nitrogens with one attached hydrogen (secondary N) is 2. The number of hydrazine groups is 1. The maximum atomic E-state index is 12.8. The molecule has 0 aliphatic rings. The molecule has 0 fully saturated rings. The van der Waals surface area contributed by atoms with Crippen molar-refractivity contribution in [3.8, 4) is 0 Å². The number of anilines is 2. The monoisotopic (exact) mass is 291 g/mol. The van der Waals surface area contributed by atoms with Gasteiger partial charge in [-0.05, 0) is 19.3 Å². The molecule has 0 aromatic carbocycles. The molecule has 20 heavy (non-hydrogen) atoms. The first kappa shape index (κ1) is 16.5. The minimum Gasteiger partial charge on any atom is -0.364 e. The molecule has 1 heterocycles. The number of hydrogen-bond acceptors (Lipinski definition) is 5. The summed E-state index contributed by atoms with van der Waals surface area (Å²) in [6.07, 6.45) is -2.22. The van der Waals surface area contributed by atoms with E-state index in [4.69, 9.17) is 5.84 Å². The van der Waals surface area contributed by atoms with Crippen molar-refractivity contribution in [1.82, 2.24) is 9.97 Å². The molecule has 1 aromatic heterocycles. The fourth-order valence-corrected chi connectivity index (χ4v) is 2.01. The number of alkyl halides is 3. The Bertz CT molecular complexity index is 435. The van der Waals surface area contributed by atoms with Crippen LogP contribution in [0.5, 0.6) is 0 Å². The zero-order chi connectivity index (χ0) is 15.4. The first-order valence-electron chi connectivity index (χ1n) is 6.51. The Kier molecular flexibility index (Phi) is 5.15. The highest BCUT2D eigenvalue weighted by molar-refractivity contribution is 5.44. The van der Waals surface area contributed by atoms with Crippen LogP contribution in [0.4, 0.5) is 24.9 Å². The Labute approximate surface area is 116 Å². The zero-order valence-corrected chi connectivity index (χ0v) is 11.8. The smallest absolute Gasteiger partial charge is 0.364 e. The zero-order valence-electron chi connectivity index (χ0n) is 11.8. The molecule has 1 rings (SSSR count). The molecule has 0 spiro atoms. The molecule has 0 aliphatic carbocycles. The van der Waals surface area contributed by atoms with Crippen molar-refractivity contribution in [2.24, 2.45) is 5.84 Å². The third-order valence-electron chi connectivity index (χ3n) is 3.57. The standard InChI is InChI=1S/C12H20F3N5/c1-4-11(5-2,6-3)19-9-7-8(12(13,14)15)17-10(18-9)20-16/h7H,4-6,16H2,1-3H3,(H2,17,18,19,20). The largest absolute Gasteiger partial charge is 0.433 e. The van der Waals surface area contributed by atoms with Crippen LogP contribution in [0, 0.1) is 0 Å². The van der Waals surface area contributed by atoms with Gasteiger partial charge in [0.2, 0.25) is 5.95 Å². The first-order valence-corrected chi connectivity index (χ1v) is 6.51. The maximum Gasteiger partial charge on any atom is 0.433 e. The van der Waals surface area contributed by atoms with Crippen molar-refractivity contribution < 1.29 is 13.2 Å². The molecular weight excluding hydrogens is 271 g/mol. The van der Waals surface area contributed by atoms with Crippen LogP contribution < -0.4 is 16.6 Å². The summed E-state index contributed by atoms with van der Waals surface area (Å²) in [4.78, 5) is 7.25. The summed E-state index contributed by atoms with van der Waals surface area (Å²) >= 11 is 0. The van der Waals surface area contributed by atoms with Crippen LogP contribution in [0.3, 0.4) is 0 Å². The summed E-state index contributed by atoms with van der Waals surface area (Å²) in [6, 6.07) is 0.899. The van der Waals surface area contributed by atoms with E-state index in [2.05, 4.69) is 20.7 Å². The molecule has 0 saturated heterocycles. The van der Waals surface area contributed by atoms with Crippen molar-refractivity contribution in [2.45, 2.75) is 51.7 Å². The maximum absolute atomic E-state index is 12.8. The lowest BCUT2D eigenvalue weighted by Crippen LogP contribution is -2.36. The van der Waals surface area contributed by atoms with Crippen LogP contribution in [0.25, 0.3) is 0 Å². The van der Waals surface area contributed by atoms with E-state index in [-0.39, 0.29) is 17.3 Å². The molecule has 114 valence electrons. The Balaban J connectivity index is 3.18. The molecule has 0 atom stereocenters. The van der Waals surface area contributed by atoms with E-state index in [0.29, 0.717) is 0 Å². The van der Waals surface area contributed by atoms with E-state index in [1.54, 1.807) is 0 Å². The van der Waals surface area contributed by atoms with E-state index in [1.165, 1.54) is 0 Å². The average Bonchev–Trinajstić information content (AvgIpc) is 2.43. The first-order chi connectivity index (χ1) is 9.30. The Morgan fingerprint density at radius 3 is 2.05 bits per heavy atom. The minimum atomic E-state index is -4.54. The average molecular weight is 291 g/mol. The second-order valence-corrected chi connectivity index (χ2v) is 4.57. The number of aromatic nitrogens is 2. The highest BCUT2D eigenvalue weighted by Crippen LogP contribution is 2.31. The van der Waals surface area contributed by atoms with E-state index in [0.717, 1.165) is 25.3 Å². The van der Waals surface area contributed by atoms with Gasteiger partial charge in [-0.2, -0.15) is 18.2 Å². The number of nitrogen functional groups attached to an aromatic ring is 1. The van der Waals surface area contributed by atoms with Gasteiger partial charge in [-0.25, -0.2) is 10.8 Å². The van der Waals surface area contributed by atoms with Crippen molar-refractivity contribution in [3.63, 3.8) is 0 Å². The van der Waals surface area contributed by atoms with Gasteiger partial charge in [0, 0.05) is 11.6 Å². The predicted molar refractivity (Wildman–Crippen MR) is 72.1 cm³/mol. The van der Waals surface area contributed by atoms with Crippen LogP contribution in [-0.2, 0) is 6.18 Å². The topological polar surface area (TPSA) is 75.9 Å². The third kappa shape index (κ3) is 3.72. The van der Waals surface area contributed by atoms with Crippen molar-refractivity contribution in [2.75, 3.05) is 10.7 Å². The quantitative estimate of drug-likeness (QED) is 0.554. The van der Waals surface area contributed by atoms with E-state index < -0.39 is 11.9 Å². The van der Waals surface area contributed by atoms with Gasteiger partial charge < -0.3 is 5.32 Å². The van der Waals surface area contributed by atoms with E-state index in [1.807, 2.05) is 20.8 Å². The second-order valence-electron chi connectivity index (χ2n) is 4.57. The molecule has 0 saturated carbocycles. The molecule has 0 radical (unpaired) electrons. The Morgan fingerprint density at radius 1 is 1.10 bits per heavy atom.